The second-order valence-electron chi connectivity index (χ2n) is 4.51. The van der Waals surface area contributed by atoms with Crippen LogP contribution in [0, 0.1) is 0 Å². The van der Waals surface area contributed by atoms with Gasteiger partial charge in [0.25, 0.3) is 0 Å². The van der Waals surface area contributed by atoms with E-state index in [1.807, 2.05) is 0 Å². The predicted octanol–water partition coefficient (Wildman–Crippen LogP) is 1.34. The molecule has 2 atom stereocenters. The summed E-state index contributed by atoms with van der Waals surface area (Å²) in [6.07, 6.45) is 7.81. The number of rotatable bonds is 1. The van der Waals surface area contributed by atoms with Crippen LogP contribution in [0.1, 0.15) is 37.4 Å². The Kier molecular flexibility index (Phi) is 2.32. The van der Waals surface area contributed by atoms with Crippen LogP contribution in [0.2, 0.25) is 0 Å². The van der Waals surface area contributed by atoms with Crippen molar-refractivity contribution >= 4 is 11.2 Å². The van der Waals surface area contributed by atoms with Gasteiger partial charge in [-0.3, -0.25) is 0 Å². The standard InChI is InChI=1S/C11H15N5/c12-8-3-1-2-7(4-8)10-15-9-5-13-6-14-11(9)16-10/h5-8H,1-4,12H2,(H,13,14,15,16). The van der Waals surface area contributed by atoms with E-state index in [4.69, 9.17) is 5.73 Å². The number of imidazole rings is 1. The first-order valence-corrected chi connectivity index (χ1v) is 5.74. The zero-order chi connectivity index (χ0) is 11.0. The molecular weight excluding hydrogens is 202 g/mol. The lowest BCUT2D eigenvalue weighted by atomic mass is 9.86. The number of hydrogen-bond acceptors (Lipinski definition) is 4. The third-order valence-corrected chi connectivity index (χ3v) is 3.28. The lowest BCUT2D eigenvalue weighted by molar-refractivity contribution is 0.384. The molecule has 0 saturated heterocycles. The zero-order valence-corrected chi connectivity index (χ0v) is 9.06. The zero-order valence-electron chi connectivity index (χ0n) is 9.06. The van der Waals surface area contributed by atoms with E-state index in [9.17, 15) is 0 Å². The molecule has 16 heavy (non-hydrogen) atoms. The second-order valence-corrected chi connectivity index (χ2v) is 4.51. The summed E-state index contributed by atoms with van der Waals surface area (Å²) in [4.78, 5) is 15.9. The Morgan fingerprint density at radius 2 is 2.31 bits per heavy atom. The number of aromatic nitrogens is 4. The maximum Gasteiger partial charge on any atom is 0.180 e. The molecule has 0 spiro atoms. The van der Waals surface area contributed by atoms with E-state index in [0.717, 1.165) is 29.8 Å². The van der Waals surface area contributed by atoms with E-state index in [-0.39, 0.29) is 0 Å². The van der Waals surface area contributed by atoms with Crippen LogP contribution in [0.25, 0.3) is 11.2 Å². The number of H-pyrrole nitrogens is 1. The summed E-state index contributed by atoms with van der Waals surface area (Å²) in [6, 6.07) is 0.318. The molecule has 5 nitrogen and oxygen atoms in total. The Bertz CT molecular complexity index is 459. The molecule has 5 heteroatoms. The van der Waals surface area contributed by atoms with Gasteiger partial charge < -0.3 is 10.7 Å². The van der Waals surface area contributed by atoms with E-state index in [1.54, 1.807) is 6.20 Å². The number of hydrogen-bond donors (Lipinski definition) is 2. The van der Waals surface area contributed by atoms with Crippen molar-refractivity contribution in [3.05, 3.63) is 18.3 Å². The van der Waals surface area contributed by atoms with Crippen LogP contribution >= 0.6 is 0 Å². The number of fused-ring (bicyclic) bond motifs is 1. The predicted molar refractivity (Wildman–Crippen MR) is 60.9 cm³/mol. The highest BCUT2D eigenvalue weighted by molar-refractivity contribution is 5.68. The van der Waals surface area contributed by atoms with Crippen LogP contribution in [-0.2, 0) is 0 Å². The van der Waals surface area contributed by atoms with Crippen molar-refractivity contribution < 1.29 is 0 Å². The van der Waals surface area contributed by atoms with Crippen molar-refractivity contribution in [2.75, 3.05) is 0 Å². The number of nitrogens with one attached hydrogen (secondary N) is 1. The van der Waals surface area contributed by atoms with Gasteiger partial charge in [0.2, 0.25) is 0 Å². The molecule has 84 valence electrons. The first-order valence-electron chi connectivity index (χ1n) is 5.74. The molecule has 2 aromatic heterocycles. The van der Waals surface area contributed by atoms with Crippen molar-refractivity contribution in [3.63, 3.8) is 0 Å². The van der Waals surface area contributed by atoms with Crippen LogP contribution in [0.4, 0.5) is 0 Å². The summed E-state index contributed by atoms with van der Waals surface area (Å²) in [6.45, 7) is 0. The third kappa shape index (κ3) is 1.67. The maximum atomic E-state index is 5.99. The normalized spacial score (nSPS) is 26.1. The Labute approximate surface area is 93.5 Å². The molecule has 3 rings (SSSR count). The van der Waals surface area contributed by atoms with Crippen molar-refractivity contribution in [2.45, 2.75) is 37.6 Å². The number of aromatic amines is 1. The molecule has 2 aromatic rings. The lowest BCUT2D eigenvalue weighted by Gasteiger charge is -2.24. The monoisotopic (exact) mass is 217 g/mol. The smallest absolute Gasteiger partial charge is 0.180 e. The average molecular weight is 217 g/mol. The quantitative estimate of drug-likeness (QED) is 0.755. The first-order chi connectivity index (χ1) is 7.83. The minimum Gasteiger partial charge on any atom is -0.339 e. The Morgan fingerprint density at radius 3 is 3.12 bits per heavy atom. The second kappa shape index (κ2) is 3.83. The van der Waals surface area contributed by atoms with Crippen molar-refractivity contribution in [1.82, 2.24) is 19.9 Å². The highest BCUT2D eigenvalue weighted by Gasteiger charge is 2.23. The van der Waals surface area contributed by atoms with Gasteiger partial charge in [0, 0.05) is 12.0 Å². The van der Waals surface area contributed by atoms with Crippen molar-refractivity contribution in [2.24, 2.45) is 5.73 Å². The molecule has 1 saturated carbocycles. The topological polar surface area (TPSA) is 80.5 Å². The molecule has 2 heterocycles. The molecule has 0 radical (unpaired) electrons. The van der Waals surface area contributed by atoms with Gasteiger partial charge in [-0.2, -0.15) is 0 Å². The SMILES string of the molecule is NC1CCCC(c2nc3ncncc3[nH]2)C1. The fraction of sp³-hybridized carbons (Fsp3) is 0.545. The van der Waals surface area contributed by atoms with Gasteiger partial charge in [-0.05, 0) is 19.3 Å². The largest absolute Gasteiger partial charge is 0.339 e. The van der Waals surface area contributed by atoms with E-state index in [0.29, 0.717) is 12.0 Å². The first kappa shape index (κ1) is 9.72. The fourth-order valence-corrected chi connectivity index (χ4v) is 2.45. The Morgan fingerprint density at radius 1 is 1.38 bits per heavy atom. The Hall–Kier alpha value is -1.49. The summed E-state index contributed by atoms with van der Waals surface area (Å²) in [5.74, 6) is 1.48. The third-order valence-electron chi connectivity index (χ3n) is 3.28. The average Bonchev–Trinajstić information content (AvgIpc) is 2.72. The molecule has 1 fully saturated rings. The van der Waals surface area contributed by atoms with Crippen molar-refractivity contribution in [1.29, 1.82) is 0 Å². The minimum atomic E-state index is 0.318. The number of nitrogens with zero attached hydrogens (tertiary/aromatic N) is 3. The van der Waals surface area contributed by atoms with Gasteiger partial charge >= 0.3 is 0 Å². The number of nitrogens with two attached hydrogens (primary N) is 1. The molecule has 1 aliphatic rings. The highest BCUT2D eigenvalue weighted by atomic mass is 15.0. The van der Waals surface area contributed by atoms with Gasteiger partial charge in [-0.15, -0.1) is 0 Å². The van der Waals surface area contributed by atoms with Gasteiger partial charge in [-0.25, -0.2) is 15.0 Å². The molecule has 0 aromatic carbocycles. The van der Waals surface area contributed by atoms with Crippen LogP contribution in [0.3, 0.4) is 0 Å². The molecular formula is C11H15N5. The van der Waals surface area contributed by atoms with E-state index in [2.05, 4.69) is 19.9 Å². The van der Waals surface area contributed by atoms with E-state index in [1.165, 1.54) is 19.2 Å². The van der Waals surface area contributed by atoms with Crippen LogP contribution in [0.15, 0.2) is 12.5 Å². The summed E-state index contributed by atoms with van der Waals surface area (Å²) < 4.78 is 0. The summed E-state index contributed by atoms with van der Waals surface area (Å²) >= 11 is 0. The van der Waals surface area contributed by atoms with Gasteiger partial charge in [-0.1, -0.05) is 6.42 Å². The summed E-state index contributed by atoms with van der Waals surface area (Å²) in [5, 5.41) is 0. The van der Waals surface area contributed by atoms with Crippen LogP contribution in [-0.4, -0.2) is 26.0 Å². The summed E-state index contributed by atoms with van der Waals surface area (Å²) in [7, 11) is 0. The van der Waals surface area contributed by atoms with Crippen LogP contribution in [0.5, 0.6) is 0 Å². The molecule has 1 aliphatic carbocycles. The van der Waals surface area contributed by atoms with Gasteiger partial charge in [0.1, 0.15) is 17.7 Å². The Balaban J connectivity index is 1.93. The molecule has 0 aliphatic heterocycles. The van der Waals surface area contributed by atoms with E-state index < -0.39 is 0 Å². The molecule has 0 amide bonds. The highest BCUT2D eigenvalue weighted by Crippen LogP contribution is 2.31. The maximum absolute atomic E-state index is 5.99. The van der Waals surface area contributed by atoms with E-state index >= 15 is 0 Å². The minimum absolute atomic E-state index is 0.318. The summed E-state index contributed by atoms with van der Waals surface area (Å²) in [5.41, 5.74) is 7.65. The lowest BCUT2D eigenvalue weighted by Crippen LogP contribution is -2.27. The van der Waals surface area contributed by atoms with Gasteiger partial charge in [0.15, 0.2) is 5.65 Å². The molecule has 2 unspecified atom stereocenters. The van der Waals surface area contributed by atoms with Gasteiger partial charge in [0.05, 0.1) is 6.20 Å². The molecule has 0 bridgehead atoms. The van der Waals surface area contributed by atoms with Crippen molar-refractivity contribution in [3.8, 4) is 0 Å². The van der Waals surface area contributed by atoms with Crippen LogP contribution < -0.4 is 5.73 Å². The molecule has 3 N–H and O–H groups in total. The fourth-order valence-electron chi connectivity index (χ4n) is 2.45.